The Hall–Kier alpha value is -2.62. The maximum absolute atomic E-state index is 13.2. The Morgan fingerprint density at radius 1 is 1.12 bits per heavy atom. The molecule has 0 radical (unpaired) electrons. The number of amides is 1. The number of hydrogen-bond donors (Lipinski definition) is 1. The molecule has 2 aromatic rings. The molecule has 34 heavy (non-hydrogen) atoms. The number of nitrogens with zero attached hydrogens (tertiary/aromatic N) is 2. The molecule has 0 aromatic heterocycles. The summed E-state index contributed by atoms with van der Waals surface area (Å²) in [6, 6.07) is 15.0. The van der Waals surface area contributed by atoms with Crippen molar-refractivity contribution < 1.29 is 22.7 Å². The molecule has 1 aliphatic rings. The lowest BCUT2D eigenvalue weighted by Crippen LogP contribution is -2.46. The molecular formula is C25H35N3O5S. The summed E-state index contributed by atoms with van der Waals surface area (Å²) in [6.07, 6.45) is 0.941. The van der Waals surface area contributed by atoms with Crippen LogP contribution in [0.15, 0.2) is 48.5 Å². The van der Waals surface area contributed by atoms with Gasteiger partial charge in [0.2, 0.25) is 10.0 Å². The van der Waals surface area contributed by atoms with E-state index in [4.69, 9.17) is 9.47 Å². The van der Waals surface area contributed by atoms with E-state index in [1.54, 1.807) is 37.3 Å². The molecule has 186 valence electrons. The third-order valence-electron chi connectivity index (χ3n) is 6.11. The third-order valence-corrected chi connectivity index (χ3v) is 6.71. The van der Waals surface area contributed by atoms with Crippen LogP contribution in [0.1, 0.15) is 29.8 Å². The van der Waals surface area contributed by atoms with Crippen molar-refractivity contribution in [3.8, 4) is 5.75 Å². The molecule has 3 rings (SSSR count). The number of sulfonamides is 1. The van der Waals surface area contributed by atoms with E-state index in [0.29, 0.717) is 30.2 Å². The number of methoxy groups -OCH3 is 1. The number of fused-ring (bicyclic) bond motifs is 1. The Kier molecular flexibility index (Phi) is 8.57. The monoisotopic (exact) mass is 489 g/mol. The first-order valence-corrected chi connectivity index (χ1v) is 13.3. The minimum Gasteiger partial charge on any atom is -0.491 e. The summed E-state index contributed by atoms with van der Waals surface area (Å²) in [5.74, 6) is 0.316. The Balaban J connectivity index is 1.96. The van der Waals surface area contributed by atoms with Gasteiger partial charge in [0, 0.05) is 45.9 Å². The van der Waals surface area contributed by atoms with Gasteiger partial charge in [0.05, 0.1) is 23.6 Å². The second-order valence-corrected chi connectivity index (χ2v) is 10.8. The van der Waals surface area contributed by atoms with E-state index in [1.165, 1.54) is 5.56 Å². The van der Waals surface area contributed by atoms with E-state index < -0.39 is 10.0 Å². The lowest BCUT2D eigenvalue weighted by atomic mass is 10.0. The fraction of sp³-hybridized carbons (Fsp3) is 0.480. The lowest BCUT2D eigenvalue weighted by molar-refractivity contribution is 0.00922. The van der Waals surface area contributed by atoms with Crippen LogP contribution in [0.3, 0.4) is 0 Å². The fourth-order valence-corrected chi connectivity index (χ4v) is 4.72. The normalized spacial score (nSPS) is 22.8. The highest BCUT2D eigenvalue weighted by atomic mass is 32.2. The molecule has 0 unspecified atom stereocenters. The SMILES string of the molecule is CO[C@@H]1CN(C)C(=O)c2ccc(NS(C)(=O)=O)cc2OC[C@H](C)N(Cc2ccccc2)C[C@@H]1C. The summed E-state index contributed by atoms with van der Waals surface area (Å²) in [5.41, 5.74) is 1.93. The Labute approximate surface area is 202 Å². The molecule has 0 saturated carbocycles. The minimum atomic E-state index is -3.46. The summed E-state index contributed by atoms with van der Waals surface area (Å²) in [6.45, 7) is 6.51. The maximum Gasteiger partial charge on any atom is 0.257 e. The molecule has 0 aliphatic carbocycles. The molecule has 0 saturated heterocycles. The zero-order valence-electron chi connectivity index (χ0n) is 20.5. The predicted octanol–water partition coefficient (Wildman–Crippen LogP) is 3.06. The van der Waals surface area contributed by atoms with E-state index in [1.807, 2.05) is 18.2 Å². The number of nitrogens with one attached hydrogen (secondary N) is 1. The van der Waals surface area contributed by atoms with Gasteiger partial charge in [0.1, 0.15) is 12.4 Å². The van der Waals surface area contributed by atoms with E-state index >= 15 is 0 Å². The number of likely N-dealkylation sites (N-methyl/N-ethyl adjacent to an activating group) is 1. The van der Waals surface area contributed by atoms with Crippen molar-refractivity contribution in [2.45, 2.75) is 32.5 Å². The van der Waals surface area contributed by atoms with Gasteiger partial charge in [0.15, 0.2) is 0 Å². The second kappa shape index (κ2) is 11.2. The summed E-state index contributed by atoms with van der Waals surface area (Å²) in [5, 5.41) is 0. The van der Waals surface area contributed by atoms with Crippen molar-refractivity contribution in [1.82, 2.24) is 9.80 Å². The van der Waals surface area contributed by atoms with Crippen LogP contribution in [0.5, 0.6) is 5.75 Å². The number of carbonyl (C=O) groups excluding carboxylic acids is 1. The number of ether oxygens (including phenoxy) is 2. The van der Waals surface area contributed by atoms with Crippen molar-refractivity contribution >= 4 is 21.6 Å². The van der Waals surface area contributed by atoms with Gasteiger partial charge in [-0.25, -0.2) is 8.42 Å². The molecule has 1 aliphatic heterocycles. The molecule has 8 nitrogen and oxygen atoms in total. The first-order chi connectivity index (χ1) is 16.1. The Morgan fingerprint density at radius 3 is 2.47 bits per heavy atom. The highest BCUT2D eigenvalue weighted by molar-refractivity contribution is 7.92. The number of anilines is 1. The molecule has 1 heterocycles. The van der Waals surface area contributed by atoms with E-state index in [9.17, 15) is 13.2 Å². The van der Waals surface area contributed by atoms with E-state index in [-0.39, 0.29) is 24.0 Å². The Morgan fingerprint density at radius 2 is 1.82 bits per heavy atom. The standard InChI is InChI=1S/C25H35N3O5S/c1-18-14-28(15-20-9-7-6-8-10-20)19(2)17-33-23-13-21(26-34(5,30)31)11-12-22(23)25(29)27(3)16-24(18)32-4/h6-13,18-19,24,26H,14-17H2,1-5H3/t18-,19-,24+/m0/s1. The molecule has 0 bridgehead atoms. The smallest absolute Gasteiger partial charge is 0.257 e. The molecule has 3 atom stereocenters. The van der Waals surface area contributed by atoms with Gasteiger partial charge in [-0.15, -0.1) is 0 Å². The van der Waals surface area contributed by atoms with Crippen molar-refractivity contribution in [3.63, 3.8) is 0 Å². The van der Waals surface area contributed by atoms with Crippen molar-refractivity contribution in [2.24, 2.45) is 5.92 Å². The van der Waals surface area contributed by atoms with Gasteiger partial charge < -0.3 is 14.4 Å². The minimum absolute atomic E-state index is 0.0341. The van der Waals surface area contributed by atoms with Crippen LogP contribution in [-0.2, 0) is 21.3 Å². The summed E-state index contributed by atoms with van der Waals surface area (Å²) in [7, 11) is -0.0478. The van der Waals surface area contributed by atoms with Crippen LogP contribution in [-0.4, -0.2) is 76.4 Å². The highest BCUT2D eigenvalue weighted by Gasteiger charge is 2.28. The second-order valence-electron chi connectivity index (χ2n) is 9.10. The van der Waals surface area contributed by atoms with Crippen LogP contribution < -0.4 is 9.46 Å². The Bertz CT molecular complexity index is 1080. The van der Waals surface area contributed by atoms with E-state index in [2.05, 4.69) is 35.6 Å². The van der Waals surface area contributed by atoms with Crippen LogP contribution in [0.4, 0.5) is 5.69 Å². The van der Waals surface area contributed by atoms with Crippen LogP contribution >= 0.6 is 0 Å². The van der Waals surface area contributed by atoms with Gasteiger partial charge in [0.25, 0.3) is 5.91 Å². The number of carbonyl (C=O) groups is 1. The lowest BCUT2D eigenvalue weighted by Gasteiger charge is -2.36. The van der Waals surface area contributed by atoms with Crippen molar-refractivity contribution in [2.75, 3.05) is 44.8 Å². The first-order valence-electron chi connectivity index (χ1n) is 11.4. The first kappa shape index (κ1) is 26.0. The van der Waals surface area contributed by atoms with E-state index in [0.717, 1.165) is 19.3 Å². The fourth-order valence-electron chi connectivity index (χ4n) is 4.16. The number of rotatable bonds is 5. The quantitative estimate of drug-likeness (QED) is 0.695. The molecule has 0 fully saturated rings. The molecule has 1 N–H and O–H groups in total. The molecule has 1 amide bonds. The maximum atomic E-state index is 13.2. The molecule has 2 aromatic carbocycles. The molecule has 9 heteroatoms. The largest absolute Gasteiger partial charge is 0.491 e. The summed E-state index contributed by atoms with van der Waals surface area (Å²) < 4.78 is 37.8. The topological polar surface area (TPSA) is 88.2 Å². The van der Waals surface area contributed by atoms with Crippen LogP contribution in [0, 0.1) is 5.92 Å². The summed E-state index contributed by atoms with van der Waals surface area (Å²) in [4.78, 5) is 17.2. The molecular weight excluding hydrogens is 454 g/mol. The zero-order chi connectivity index (χ0) is 24.9. The van der Waals surface area contributed by atoms with Crippen molar-refractivity contribution in [1.29, 1.82) is 0 Å². The third kappa shape index (κ3) is 6.94. The molecule has 0 spiro atoms. The van der Waals surface area contributed by atoms with Gasteiger partial charge in [-0.05, 0) is 30.5 Å². The van der Waals surface area contributed by atoms with Gasteiger partial charge in [-0.2, -0.15) is 0 Å². The van der Waals surface area contributed by atoms with Gasteiger partial charge >= 0.3 is 0 Å². The average molecular weight is 490 g/mol. The predicted molar refractivity (Wildman–Crippen MR) is 134 cm³/mol. The zero-order valence-corrected chi connectivity index (χ0v) is 21.3. The average Bonchev–Trinajstić information content (AvgIpc) is 2.79. The van der Waals surface area contributed by atoms with Crippen LogP contribution in [0.25, 0.3) is 0 Å². The number of hydrogen-bond acceptors (Lipinski definition) is 6. The summed E-state index contributed by atoms with van der Waals surface area (Å²) >= 11 is 0. The van der Waals surface area contributed by atoms with Crippen molar-refractivity contribution in [3.05, 3.63) is 59.7 Å². The number of benzene rings is 2. The van der Waals surface area contributed by atoms with Gasteiger partial charge in [-0.3, -0.25) is 14.4 Å². The van der Waals surface area contributed by atoms with Crippen LogP contribution in [0.2, 0.25) is 0 Å². The van der Waals surface area contributed by atoms with Gasteiger partial charge in [-0.1, -0.05) is 37.3 Å². The highest BCUT2D eigenvalue weighted by Crippen LogP contribution is 2.27.